The van der Waals surface area contributed by atoms with Crippen LogP contribution in [0.4, 0.5) is 0 Å². The van der Waals surface area contributed by atoms with Crippen LogP contribution in [0.2, 0.25) is 0 Å². The number of rotatable bonds is 7. The lowest BCUT2D eigenvalue weighted by atomic mass is 10.1. The summed E-state index contributed by atoms with van der Waals surface area (Å²) in [7, 11) is 4.08. The van der Waals surface area contributed by atoms with E-state index in [0.29, 0.717) is 13.0 Å². The van der Waals surface area contributed by atoms with E-state index in [1.165, 1.54) is 16.5 Å². The molecule has 0 spiro atoms. The first kappa shape index (κ1) is 16.7. The molecule has 3 rings (SSSR count). The monoisotopic (exact) mass is 341 g/mol. The van der Waals surface area contributed by atoms with Gasteiger partial charge in [0.2, 0.25) is 5.91 Å². The summed E-state index contributed by atoms with van der Waals surface area (Å²) < 4.78 is 0. The van der Waals surface area contributed by atoms with Crippen LogP contribution < -0.4 is 5.32 Å². The summed E-state index contributed by atoms with van der Waals surface area (Å²) in [4.78, 5) is 17.6. The molecule has 0 aliphatic carbocycles. The molecule has 0 aliphatic rings. The van der Waals surface area contributed by atoms with Gasteiger partial charge in [0.1, 0.15) is 0 Å². The minimum absolute atomic E-state index is 0.0994. The predicted molar refractivity (Wildman–Crippen MR) is 100 cm³/mol. The van der Waals surface area contributed by atoms with Gasteiger partial charge in [0.25, 0.3) is 0 Å². The standard InChI is InChI=1S/C19H23N3OS/c1-22(2)18(15-9-10-24-13-15)12-21-19(23)8-7-14-11-20-17-6-4-3-5-16(14)17/h3-6,9-11,13,18,20H,7-8,12H2,1-2H3,(H,21,23). The van der Waals surface area contributed by atoms with Crippen molar-refractivity contribution in [2.24, 2.45) is 0 Å². The molecule has 2 N–H and O–H groups in total. The Bertz CT molecular complexity index is 792. The first-order valence-electron chi connectivity index (χ1n) is 8.15. The molecule has 1 atom stereocenters. The maximum Gasteiger partial charge on any atom is 0.220 e. The molecule has 126 valence electrons. The van der Waals surface area contributed by atoms with Gasteiger partial charge in [0.15, 0.2) is 0 Å². The highest BCUT2D eigenvalue weighted by atomic mass is 32.1. The van der Waals surface area contributed by atoms with E-state index >= 15 is 0 Å². The number of hydrogen-bond acceptors (Lipinski definition) is 3. The number of H-pyrrole nitrogens is 1. The van der Waals surface area contributed by atoms with Crippen LogP contribution in [0.15, 0.2) is 47.3 Å². The van der Waals surface area contributed by atoms with E-state index in [9.17, 15) is 4.79 Å². The number of aromatic nitrogens is 1. The second-order valence-corrected chi connectivity index (χ2v) is 6.98. The van der Waals surface area contributed by atoms with E-state index < -0.39 is 0 Å². The normalized spacial score (nSPS) is 12.6. The summed E-state index contributed by atoms with van der Waals surface area (Å²) in [5.74, 6) is 0.0994. The fourth-order valence-electron chi connectivity index (χ4n) is 2.95. The third-order valence-electron chi connectivity index (χ3n) is 4.34. The first-order chi connectivity index (χ1) is 11.6. The SMILES string of the molecule is CN(C)C(CNC(=O)CCc1c[nH]c2ccccc12)c1ccsc1. The summed E-state index contributed by atoms with van der Waals surface area (Å²) in [6.07, 6.45) is 3.26. The zero-order chi connectivity index (χ0) is 16.9. The molecular weight excluding hydrogens is 318 g/mol. The second-order valence-electron chi connectivity index (χ2n) is 6.20. The Hall–Kier alpha value is -2.11. The van der Waals surface area contributed by atoms with E-state index in [2.05, 4.69) is 44.2 Å². The van der Waals surface area contributed by atoms with Crippen LogP contribution in [0.5, 0.6) is 0 Å². The predicted octanol–water partition coefficient (Wildman–Crippen LogP) is 3.58. The Labute approximate surface area is 146 Å². The summed E-state index contributed by atoms with van der Waals surface area (Å²) in [6.45, 7) is 0.635. The van der Waals surface area contributed by atoms with Gasteiger partial charge in [-0.25, -0.2) is 0 Å². The molecule has 0 aliphatic heterocycles. The molecule has 0 radical (unpaired) electrons. The molecule has 0 bridgehead atoms. The van der Waals surface area contributed by atoms with Crippen LogP contribution in [0.3, 0.4) is 0 Å². The van der Waals surface area contributed by atoms with Gasteiger partial charge < -0.3 is 15.2 Å². The molecule has 5 heteroatoms. The van der Waals surface area contributed by atoms with Gasteiger partial charge in [-0.15, -0.1) is 0 Å². The van der Waals surface area contributed by atoms with Crippen LogP contribution in [0.25, 0.3) is 10.9 Å². The van der Waals surface area contributed by atoms with Gasteiger partial charge in [-0.1, -0.05) is 18.2 Å². The Morgan fingerprint density at radius 1 is 1.29 bits per heavy atom. The number of aryl methyl sites for hydroxylation is 1. The largest absolute Gasteiger partial charge is 0.361 e. The number of nitrogens with zero attached hydrogens (tertiary/aromatic N) is 1. The molecule has 0 fully saturated rings. The van der Waals surface area contributed by atoms with Crippen LogP contribution in [0, 0.1) is 0 Å². The fourth-order valence-corrected chi connectivity index (χ4v) is 3.66. The Kier molecular flexibility index (Phi) is 5.33. The van der Waals surface area contributed by atoms with Gasteiger partial charge in [-0.3, -0.25) is 4.79 Å². The van der Waals surface area contributed by atoms with Gasteiger partial charge >= 0.3 is 0 Å². The summed E-state index contributed by atoms with van der Waals surface area (Å²) in [5, 5.41) is 8.50. The van der Waals surface area contributed by atoms with E-state index in [1.807, 2.05) is 32.4 Å². The summed E-state index contributed by atoms with van der Waals surface area (Å²) in [6, 6.07) is 10.5. The maximum atomic E-state index is 12.2. The van der Waals surface area contributed by atoms with Crippen molar-refractivity contribution >= 4 is 28.1 Å². The number of carbonyl (C=O) groups is 1. The van der Waals surface area contributed by atoms with Gasteiger partial charge in [-0.05, 0) is 54.5 Å². The van der Waals surface area contributed by atoms with Crippen LogP contribution in [-0.4, -0.2) is 36.4 Å². The number of carbonyl (C=O) groups excluding carboxylic acids is 1. The highest BCUT2D eigenvalue weighted by molar-refractivity contribution is 7.07. The van der Waals surface area contributed by atoms with Gasteiger partial charge in [-0.2, -0.15) is 11.3 Å². The highest BCUT2D eigenvalue weighted by Crippen LogP contribution is 2.21. The van der Waals surface area contributed by atoms with Crippen molar-refractivity contribution in [2.75, 3.05) is 20.6 Å². The van der Waals surface area contributed by atoms with Crippen molar-refractivity contribution in [1.82, 2.24) is 15.2 Å². The number of para-hydroxylation sites is 1. The van der Waals surface area contributed by atoms with Gasteiger partial charge in [0, 0.05) is 30.1 Å². The lowest BCUT2D eigenvalue weighted by molar-refractivity contribution is -0.121. The van der Waals surface area contributed by atoms with Gasteiger partial charge in [0.05, 0.1) is 6.04 Å². The molecule has 0 saturated carbocycles. The van der Waals surface area contributed by atoms with Crippen molar-refractivity contribution in [3.8, 4) is 0 Å². The molecule has 0 saturated heterocycles. The number of benzene rings is 1. The second kappa shape index (κ2) is 7.64. The first-order valence-corrected chi connectivity index (χ1v) is 9.09. The van der Waals surface area contributed by atoms with Crippen LogP contribution in [-0.2, 0) is 11.2 Å². The number of amides is 1. The van der Waals surface area contributed by atoms with E-state index in [1.54, 1.807) is 11.3 Å². The Morgan fingerprint density at radius 2 is 2.12 bits per heavy atom. The van der Waals surface area contributed by atoms with Crippen LogP contribution >= 0.6 is 11.3 Å². The van der Waals surface area contributed by atoms with Crippen LogP contribution in [0.1, 0.15) is 23.6 Å². The van der Waals surface area contributed by atoms with E-state index in [4.69, 9.17) is 0 Å². The topological polar surface area (TPSA) is 48.1 Å². The summed E-state index contributed by atoms with van der Waals surface area (Å²) in [5.41, 5.74) is 3.57. The zero-order valence-corrected chi connectivity index (χ0v) is 14.9. The molecular formula is C19H23N3OS. The fraction of sp³-hybridized carbons (Fsp3) is 0.316. The molecule has 2 heterocycles. The Balaban J connectivity index is 1.54. The highest BCUT2D eigenvalue weighted by Gasteiger charge is 2.15. The van der Waals surface area contributed by atoms with Crippen molar-refractivity contribution in [3.63, 3.8) is 0 Å². The molecule has 1 aromatic carbocycles. The van der Waals surface area contributed by atoms with Crippen molar-refractivity contribution < 1.29 is 4.79 Å². The van der Waals surface area contributed by atoms with E-state index in [0.717, 1.165) is 11.9 Å². The zero-order valence-electron chi connectivity index (χ0n) is 14.1. The smallest absolute Gasteiger partial charge is 0.220 e. The summed E-state index contributed by atoms with van der Waals surface area (Å²) >= 11 is 1.69. The van der Waals surface area contributed by atoms with E-state index in [-0.39, 0.29) is 11.9 Å². The third kappa shape index (κ3) is 3.86. The number of fused-ring (bicyclic) bond motifs is 1. The number of nitrogens with one attached hydrogen (secondary N) is 2. The molecule has 1 amide bonds. The lowest BCUT2D eigenvalue weighted by Gasteiger charge is -2.24. The third-order valence-corrected chi connectivity index (χ3v) is 5.04. The number of likely N-dealkylation sites (N-methyl/N-ethyl adjacent to an activating group) is 1. The Morgan fingerprint density at radius 3 is 2.88 bits per heavy atom. The number of hydrogen-bond donors (Lipinski definition) is 2. The lowest BCUT2D eigenvalue weighted by Crippen LogP contribution is -2.34. The molecule has 1 unspecified atom stereocenters. The number of thiophene rings is 1. The van der Waals surface area contributed by atoms with Crippen molar-refractivity contribution in [2.45, 2.75) is 18.9 Å². The van der Waals surface area contributed by atoms with Crippen molar-refractivity contribution in [1.29, 1.82) is 0 Å². The quantitative estimate of drug-likeness (QED) is 0.690. The minimum atomic E-state index is 0.0994. The number of aromatic amines is 1. The van der Waals surface area contributed by atoms with Crippen molar-refractivity contribution in [3.05, 3.63) is 58.4 Å². The molecule has 3 aromatic rings. The maximum absolute atomic E-state index is 12.2. The molecule has 4 nitrogen and oxygen atoms in total. The average molecular weight is 341 g/mol. The average Bonchev–Trinajstić information content (AvgIpc) is 3.23. The minimum Gasteiger partial charge on any atom is -0.361 e. The molecule has 2 aromatic heterocycles. The molecule has 24 heavy (non-hydrogen) atoms.